The second kappa shape index (κ2) is 7.71. The molecule has 156 valence electrons. The number of hydrogen-bond donors (Lipinski definition) is 2. The van der Waals surface area contributed by atoms with Crippen molar-refractivity contribution in [3.05, 3.63) is 59.9 Å². The number of rotatable bonds is 6. The number of halogens is 4. The first-order valence-electron chi connectivity index (χ1n) is 8.78. The normalized spacial score (nSPS) is 11.9. The van der Waals surface area contributed by atoms with Gasteiger partial charge in [-0.15, -0.1) is 0 Å². The summed E-state index contributed by atoms with van der Waals surface area (Å²) in [6.45, 7) is -0.201. The summed E-state index contributed by atoms with van der Waals surface area (Å²) in [6, 6.07) is 2.82. The topological polar surface area (TPSA) is 93.7 Å². The summed E-state index contributed by atoms with van der Waals surface area (Å²) in [5, 5.41) is 20.4. The zero-order chi connectivity index (χ0) is 21.3. The Morgan fingerprint density at radius 1 is 1.10 bits per heavy atom. The molecule has 0 amide bonds. The summed E-state index contributed by atoms with van der Waals surface area (Å²) >= 11 is 0. The number of benzene rings is 1. The lowest BCUT2D eigenvalue weighted by molar-refractivity contribution is -0.138. The number of hydrogen-bond acceptors (Lipinski definition) is 6. The van der Waals surface area contributed by atoms with Crippen LogP contribution >= 0.6 is 0 Å². The highest BCUT2D eigenvalue weighted by atomic mass is 19.4. The fraction of sp³-hybridized carbons (Fsp3) is 0.222. The van der Waals surface area contributed by atoms with Gasteiger partial charge in [-0.05, 0) is 12.1 Å². The molecule has 0 aliphatic heterocycles. The number of anilines is 2. The first-order chi connectivity index (χ1) is 14.3. The molecule has 0 aliphatic rings. The Labute approximate surface area is 166 Å². The summed E-state index contributed by atoms with van der Waals surface area (Å²) in [7, 11) is 0. The SMILES string of the molecule is OCCn1cc(Nc2ncc3cnn(Cc4c(F)cccc4C(F)(F)F)c3n2)cn1. The van der Waals surface area contributed by atoms with Crippen LogP contribution in [0.4, 0.5) is 29.2 Å². The molecule has 4 aromatic rings. The lowest BCUT2D eigenvalue weighted by Gasteiger charge is -2.14. The van der Waals surface area contributed by atoms with Crippen LogP contribution in [-0.4, -0.2) is 41.2 Å². The van der Waals surface area contributed by atoms with Gasteiger partial charge in [-0.3, -0.25) is 4.68 Å². The van der Waals surface area contributed by atoms with E-state index in [1.54, 1.807) is 6.20 Å². The third-order valence-electron chi connectivity index (χ3n) is 4.33. The van der Waals surface area contributed by atoms with Gasteiger partial charge in [0.15, 0.2) is 5.65 Å². The van der Waals surface area contributed by atoms with Crippen LogP contribution in [0.25, 0.3) is 11.0 Å². The van der Waals surface area contributed by atoms with E-state index < -0.39 is 29.7 Å². The van der Waals surface area contributed by atoms with E-state index in [0.29, 0.717) is 17.6 Å². The highest BCUT2D eigenvalue weighted by molar-refractivity contribution is 5.75. The lowest BCUT2D eigenvalue weighted by Crippen LogP contribution is -2.14. The van der Waals surface area contributed by atoms with Gasteiger partial charge in [-0.2, -0.15) is 28.4 Å². The predicted molar refractivity (Wildman–Crippen MR) is 98.4 cm³/mol. The summed E-state index contributed by atoms with van der Waals surface area (Å²) in [4.78, 5) is 8.43. The van der Waals surface area contributed by atoms with Crippen LogP contribution in [0.3, 0.4) is 0 Å². The predicted octanol–water partition coefficient (Wildman–Crippen LogP) is 2.96. The third-order valence-corrected chi connectivity index (χ3v) is 4.33. The molecule has 0 spiro atoms. The minimum absolute atomic E-state index is 0.0707. The van der Waals surface area contributed by atoms with E-state index in [9.17, 15) is 17.6 Å². The molecule has 0 saturated heterocycles. The smallest absolute Gasteiger partial charge is 0.394 e. The maximum atomic E-state index is 14.2. The van der Waals surface area contributed by atoms with Gasteiger partial charge in [0.05, 0.1) is 48.7 Å². The van der Waals surface area contributed by atoms with Gasteiger partial charge >= 0.3 is 6.18 Å². The number of aromatic nitrogens is 6. The second-order valence-corrected chi connectivity index (χ2v) is 6.38. The van der Waals surface area contributed by atoms with E-state index in [0.717, 1.165) is 18.2 Å². The van der Waals surface area contributed by atoms with Gasteiger partial charge in [-0.25, -0.2) is 14.1 Å². The van der Waals surface area contributed by atoms with Gasteiger partial charge in [0.1, 0.15) is 5.82 Å². The summed E-state index contributed by atoms with van der Waals surface area (Å²) in [5.41, 5.74) is -0.780. The molecular weight excluding hydrogens is 406 g/mol. The number of fused-ring (bicyclic) bond motifs is 1. The van der Waals surface area contributed by atoms with E-state index in [1.165, 1.54) is 28.0 Å². The lowest BCUT2D eigenvalue weighted by atomic mass is 10.1. The van der Waals surface area contributed by atoms with Crippen molar-refractivity contribution in [3.8, 4) is 0 Å². The Hall–Kier alpha value is -3.54. The number of nitrogens with one attached hydrogen (secondary N) is 1. The van der Waals surface area contributed by atoms with E-state index in [-0.39, 0.29) is 18.2 Å². The fourth-order valence-corrected chi connectivity index (χ4v) is 2.96. The Balaban J connectivity index is 1.66. The van der Waals surface area contributed by atoms with Crippen LogP contribution in [0, 0.1) is 5.82 Å². The second-order valence-electron chi connectivity index (χ2n) is 6.38. The van der Waals surface area contributed by atoms with E-state index in [1.807, 2.05) is 0 Å². The summed E-state index contributed by atoms with van der Waals surface area (Å²) < 4.78 is 56.7. The van der Waals surface area contributed by atoms with E-state index in [2.05, 4.69) is 25.5 Å². The Bertz CT molecular complexity index is 1180. The molecule has 3 aromatic heterocycles. The zero-order valence-electron chi connectivity index (χ0n) is 15.3. The van der Waals surface area contributed by atoms with Crippen molar-refractivity contribution in [2.24, 2.45) is 0 Å². The molecule has 0 bridgehead atoms. The average molecular weight is 421 g/mol. The van der Waals surface area contributed by atoms with Crippen LogP contribution in [0.15, 0.2) is 43.0 Å². The summed E-state index contributed by atoms with van der Waals surface area (Å²) in [6.07, 6.45) is 1.30. The molecule has 8 nitrogen and oxygen atoms in total. The highest BCUT2D eigenvalue weighted by Crippen LogP contribution is 2.33. The molecule has 0 saturated carbocycles. The molecule has 0 unspecified atom stereocenters. The van der Waals surface area contributed by atoms with Crippen LogP contribution < -0.4 is 5.32 Å². The molecular formula is C18H15F4N7O. The molecule has 3 heterocycles. The highest BCUT2D eigenvalue weighted by Gasteiger charge is 2.34. The van der Waals surface area contributed by atoms with Gasteiger partial charge in [-0.1, -0.05) is 6.07 Å². The Morgan fingerprint density at radius 2 is 1.93 bits per heavy atom. The average Bonchev–Trinajstić information content (AvgIpc) is 3.30. The molecule has 0 radical (unpaired) electrons. The minimum atomic E-state index is -4.70. The quantitative estimate of drug-likeness (QED) is 0.465. The monoisotopic (exact) mass is 421 g/mol. The molecule has 0 atom stereocenters. The third kappa shape index (κ3) is 3.94. The molecule has 1 aromatic carbocycles. The molecule has 4 rings (SSSR count). The van der Waals surface area contributed by atoms with Crippen molar-refractivity contribution < 1.29 is 22.7 Å². The summed E-state index contributed by atoms with van der Waals surface area (Å²) in [5.74, 6) is -0.811. The van der Waals surface area contributed by atoms with Crippen molar-refractivity contribution in [1.82, 2.24) is 29.5 Å². The van der Waals surface area contributed by atoms with Gasteiger partial charge in [0, 0.05) is 18.0 Å². The molecule has 0 aliphatic carbocycles. The zero-order valence-corrected chi connectivity index (χ0v) is 15.3. The van der Waals surface area contributed by atoms with Crippen LogP contribution in [0.5, 0.6) is 0 Å². The largest absolute Gasteiger partial charge is 0.416 e. The Kier molecular flexibility index (Phi) is 5.08. The number of nitrogens with zero attached hydrogens (tertiary/aromatic N) is 6. The fourth-order valence-electron chi connectivity index (χ4n) is 2.96. The van der Waals surface area contributed by atoms with Crippen molar-refractivity contribution in [2.75, 3.05) is 11.9 Å². The van der Waals surface area contributed by atoms with Crippen molar-refractivity contribution in [1.29, 1.82) is 0 Å². The Morgan fingerprint density at radius 3 is 2.70 bits per heavy atom. The molecule has 2 N–H and O–H groups in total. The number of alkyl halides is 3. The van der Waals surface area contributed by atoms with Gasteiger partial charge < -0.3 is 10.4 Å². The van der Waals surface area contributed by atoms with Gasteiger partial charge in [0.25, 0.3) is 0 Å². The number of aliphatic hydroxyl groups excluding tert-OH is 1. The van der Waals surface area contributed by atoms with Gasteiger partial charge in [0.2, 0.25) is 5.95 Å². The first kappa shape index (κ1) is 19.8. The number of aliphatic hydroxyl groups is 1. The van der Waals surface area contributed by atoms with Crippen LogP contribution in [-0.2, 0) is 19.3 Å². The minimum Gasteiger partial charge on any atom is -0.394 e. The molecule has 12 heteroatoms. The van der Waals surface area contributed by atoms with Crippen LogP contribution in [0.2, 0.25) is 0 Å². The first-order valence-corrected chi connectivity index (χ1v) is 8.78. The van der Waals surface area contributed by atoms with Crippen molar-refractivity contribution >= 4 is 22.7 Å². The van der Waals surface area contributed by atoms with E-state index >= 15 is 0 Å². The van der Waals surface area contributed by atoms with Crippen LogP contribution in [0.1, 0.15) is 11.1 Å². The standard InChI is InChI=1S/C18H15F4N7O/c19-15-3-1-2-14(18(20,21)22)13(15)10-29-16-11(7-25-29)6-23-17(27-16)26-12-8-24-28(9-12)4-5-30/h1-3,6-9,30H,4-5,10H2,(H,23,26,27). The maximum absolute atomic E-state index is 14.2. The van der Waals surface area contributed by atoms with E-state index in [4.69, 9.17) is 5.11 Å². The maximum Gasteiger partial charge on any atom is 0.416 e. The molecule has 30 heavy (non-hydrogen) atoms. The van der Waals surface area contributed by atoms with Crippen molar-refractivity contribution in [2.45, 2.75) is 19.3 Å². The van der Waals surface area contributed by atoms with Crippen molar-refractivity contribution in [3.63, 3.8) is 0 Å². The molecule has 0 fully saturated rings.